The van der Waals surface area contributed by atoms with Crippen LogP contribution in [0.5, 0.6) is 5.75 Å². The van der Waals surface area contributed by atoms with Crippen molar-refractivity contribution in [2.45, 2.75) is 32.7 Å². The highest BCUT2D eigenvalue weighted by molar-refractivity contribution is 6.30. The molecule has 21 heavy (non-hydrogen) atoms. The molecule has 0 aliphatic carbocycles. The third kappa shape index (κ3) is 4.48. The average Bonchev–Trinajstić information content (AvgIpc) is 2.85. The van der Waals surface area contributed by atoms with E-state index in [1.165, 1.54) is 0 Å². The summed E-state index contributed by atoms with van der Waals surface area (Å²) in [5.41, 5.74) is 0.943. The Morgan fingerprint density at radius 1 is 1.33 bits per heavy atom. The first-order valence-corrected chi connectivity index (χ1v) is 7.30. The van der Waals surface area contributed by atoms with Crippen molar-refractivity contribution in [3.63, 3.8) is 0 Å². The first kappa shape index (κ1) is 15.9. The van der Waals surface area contributed by atoms with Gasteiger partial charge < -0.3 is 14.5 Å². The zero-order valence-electron chi connectivity index (χ0n) is 12.9. The molecule has 0 atom stereocenters. The fourth-order valence-electron chi connectivity index (χ4n) is 1.96. The van der Waals surface area contributed by atoms with Gasteiger partial charge in [0, 0.05) is 23.5 Å². The van der Waals surface area contributed by atoms with Crippen LogP contribution in [-0.2, 0) is 6.42 Å². The first-order chi connectivity index (χ1) is 9.89. The van der Waals surface area contributed by atoms with E-state index in [0.29, 0.717) is 22.4 Å². The molecule has 0 saturated carbocycles. The Kier molecular flexibility index (Phi) is 4.91. The van der Waals surface area contributed by atoms with E-state index in [4.69, 9.17) is 20.8 Å². The highest BCUT2D eigenvalue weighted by Gasteiger charge is 2.13. The highest BCUT2D eigenvalue weighted by Crippen LogP contribution is 2.32. The Morgan fingerprint density at radius 3 is 2.76 bits per heavy atom. The number of aromatic nitrogens is 1. The van der Waals surface area contributed by atoms with E-state index in [0.717, 1.165) is 18.5 Å². The van der Waals surface area contributed by atoms with E-state index in [1.54, 1.807) is 19.4 Å². The van der Waals surface area contributed by atoms with Gasteiger partial charge in [0.15, 0.2) is 11.7 Å². The molecule has 0 aliphatic heterocycles. The molecule has 0 amide bonds. The molecule has 2 aromatic rings. The summed E-state index contributed by atoms with van der Waals surface area (Å²) in [5, 5.41) is 4.04. The molecule has 1 N–H and O–H groups in total. The van der Waals surface area contributed by atoms with Gasteiger partial charge in [0.05, 0.1) is 18.9 Å². The molecular weight excluding hydrogens is 288 g/mol. The number of ether oxygens (including phenoxy) is 1. The van der Waals surface area contributed by atoms with Crippen LogP contribution in [0.4, 0.5) is 0 Å². The molecule has 1 aromatic heterocycles. The zero-order chi connectivity index (χ0) is 15.5. The minimum absolute atomic E-state index is 0.0921. The van der Waals surface area contributed by atoms with Crippen molar-refractivity contribution in [1.82, 2.24) is 10.3 Å². The van der Waals surface area contributed by atoms with Gasteiger partial charge in [0.25, 0.3) is 0 Å². The minimum atomic E-state index is 0.0921. The molecule has 0 saturated heterocycles. The number of rotatable bonds is 5. The number of methoxy groups -OCH3 is 1. The van der Waals surface area contributed by atoms with Crippen molar-refractivity contribution in [1.29, 1.82) is 0 Å². The van der Waals surface area contributed by atoms with Crippen molar-refractivity contribution < 1.29 is 9.15 Å². The van der Waals surface area contributed by atoms with Crippen LogP contribution in [0.25, 0.3) is 11.3 Å². The average molecular weight is 309 g/mol. The van der Waals surface area contributed by atoms with Gasteiger partial charge in [-0.25, -0.2) is 4.98 Å². The van der Waals surface area contributed by atoms with Crippen LogP contribution in [0.15, 0.2) is 28.8 Å². The summed E-state index contributed by atoms with van der Waals surface area (Å²) >= 11 is 5.96. The van der Waals surface area contributed by atoms with E-state index >= 15 is 0 Å². The van der Waals surface area contributed by atoms with Gasteiger partial charge in [-0.1, -0.05) is 11.6 Å². The van der Waals surface area contributed by atoms with Crippen molar-refractivity contribution in [3.8, 4) is 17.1 Å². The summed E-state index contributed by atoms with van der Waals surface area (Å²) in [4.78, 5) is 4.31. The van der Waals surface area contributed by atoms with Crippen molar-refractivity contribution >= 4 is 11.6 Å². The Bertz CT molecular complexity index is 603. The molecule has 0 unspecified atom stereocenters. The largest absolute Gasteiger partial charge is 0.496 e. The van der Waals surface area contributed by atoms with Gasteiger partial charge in [-0.15, -0.1) is 0 Å². The monoisotopic (exact) mass is 308 g/mol. The highest BCUT2D eigenvalue weighted by atomic mass is 35.5. The van der Waals surface area contributed by atoms with E-state index in [-0.39, 0.29) is 5.54 Å². The molecule has 5 heteroatoms. The summed E-state index contributed by atoms with van der Waals surface area (Å²) in [6, 6.07) is 5.45. The van der Waals surface area contributed by atoms with Crippen LogP contribution in [0.2, 0.25) is 5.02 Å². The smallest absolute Gasteiger partial charge is 0.196 e. The van der Waals surface area contributed by atoms with Gasteiger partial charge in [0.1, 0.15) is 5.75 Å². The molecular formula is C16H21ClN2O2. The number of nitrogens with zero attached hydrogens (tertiary/aromatic N) is 1. The van der Waals surface area contributed by atoms with Crippen LogP contribution in [-0.4, -0.2) is 24.2 Å². The normalized spacial score (nSPS) is 11.7. The number of benzene rings is 1. The van der Waals surface area contributed by atoms with Gasteiger partial charge >= 0.3 is 0 Å². The first-order valence-electron chi connectivity index (χ1n) is 6.93. The Morgan fingerprint density at radius 2 is 2.10 bits per heavy atom. The maximum absolute atomic E-state index is 5.96. The number of nitrogens with one attached hydrogen (secondary N) is 1. The van der Waals surface area contributed by atoms with E-state index in [9.17, 15) is 0 Å². The van der Waals surface area contributed by atoms with Gasteiger partial charge in [0.2, 0.25) is 0 Å². The molecule has 1 heterocycles. The second kappa shape index (κ2) is 6.50. The van der Waals surface area contributed by atoms with Crippen LogP contribution < -0.4 is 10.1 Å². The topological polar surface area (TPSA) is 47.3 Å². The lowest BCUT2D eigenvalue weighted by atomic mass is 10.1. The standard InChI is InChI=1S/C16H21ClN2O2/c1-16(2,3)19-8-7-15-18-10-14(21-15)12-6-5-11(17)9-13(12)20-4/h5-6,9-10,19H,7-8H2,1-4H3. The molecule has 0 aliphatic rings. The van der Waals surface area contributed by atoms with Crippen LogP contribution in [0.1, 0.15) is 26.7 Å². The third-order valence-electron chi connectivity index (χ3n) is 2.98. The minimum Gasteiger partial charge on any atom is -0.496 e. The third-order valence-corrected chi connectivity index (χ3v) is 3.21. The van der Waals surface area contributed by atoms with Crippen molar-refractivity contribution in [2.24, 2.45) is 0 Å². The maximum Gasteiger partial charge on any atom is 0.196 e. The Labute approximate surface area is 130 Å². The van der Waals surface area contributed by atoms with E-state index in [1.807, 2.05) is 12.1 Å². The molecule has 0 fully saturated rings. The van der Waals surface area contributed by atoms with E-state index in [2.05, 4.69) is 31.1 Å². The quantitative estimate of drug-likeness (QED) is 0.909. The second-order valence-electron chi connectivity index (χ2n) is 5.89. The number of hydrogen-bond acceptors (Lipinski definition) is 4. The van der Waals surface area contributed by atoms with Gasteiger partial charge in [-0.05, 0) is 39.0 Å². The molecule has 114 valence electrons. The zero-order valence-corrected chi connectivity index (χ0v) is 13.6. The molecule has 2 rings (SSSR count). The summed E-state index contributed by atoms with van der Waals surface area (Å²) < 4.78 is 11.1. The maximum atomic E-state index is 5.96. The summed E-state index contributed by atoms with van der Waals surface area (Å²) in [5.74, 6) is 2.08. The lowest BCUT2D eigenvalue weighted by Crippen LogP contribution is -2.37. The Hall–Kier alpha value is -1.52. The molecule has 0 spiro atoms. The summed E-state index contributed by atoms with van der Waals surface area (Å²) in [6.07, 6.45) is 2.46. The van der Waals surface area contributed by atoms with Gasteiger partial charge in [-0.3, -0.25) is 0 Å². The fourth-order valence-corrected chi connectivity index (χ4v) is 2.13. The number of halogens is 1. The molecule has 4 nitrogen and oxygen atoms in total. The lowest BCUT2D eigenvalue weighted by molar-refractivity contribution is 0.407. The number of oxazole rings is 1. The predicted octanol–water partition coefficient (Wildman–Crippen LogP) is 3.93. The van der Waals surface area contributed by atoms with Crippen LogP contribution in [0.3, 0.4) is 0 Å². The van der Waals surface area contributed by atoms with Crippen molar-refractivity contribution in [3.05, 3.63) is 35.3 Å². The predicted molar refractivity (Wildman–Crippen MR) is 85.0 cm³/mol. The number of hydrogen-bond donors (Lipinski definition) is 1. The SMILES string of the molecule is COc1cc(Cl)ccc1-c1cnc(CCNC(C)(C)C)o1. The molecule has 0 radical (unpaired) electrons. The second-order valence-corrected chi connectivity index (χ2v) is 6.33. The fraction of sp³-hybridized carbons (Fsp3) is 0.438. The Balaban J connectivity index is 2.09. The van der Waals surface area contributed by atoms with Gasteiger partial charge in [-0.2, -0.15) is 0 Å². The summed E-state index contributed by atoms with van der Waals surface area (Å²) in [6.45, 7) is 7.22. The van der Waals surface area contributed by atoms with E-state index < -0.39 is 0 Å². The lowest BCUT2D eigenvalue weighted by Gasteiger charge is -2.19. The molecule has 1 aromatic carbocycles. The van der Waals surface area contributed by atoms with Crippen LogP contribution in [0, 0.1) is 0 Å². The molecule has 0 bridgehead atoms. The van der Waals surface area contributed by atoms with Crippen LogP contribution >= 0.6 is 11.6 Å². The van der Waals surface area contributed by atoms with Crippen molar-refractivity contribution in [2.75, 3.05) is 13.7 Å². The summed E-state index contributed by atoms with van der Waals surface area (Å²) in [7, 11) is 1.61.